The molecule has 1 N–H and O–H groups in total. The summed E-state index contributed by atoms with van der Waals surface area (Å²) in [5.41, 5.74) is 1.13. The zero-order chi connectivity index (χ0) is 17.7. The quantitative estimate of drug-likeness (QED) is 0.820. The Morgan fingerprint density at radius 2 is 2.17 bits per heavy atom. The van der Waals surface area contributed by atoms with Crippen LogP contribution in [-0.4, -0.2) is 24.2 Å². The van der Waals surface area contributed by atoms with Gasteiger partial charge < -0.3 is 14.8 Å². The summed E-state index contributed by atoms with van der Waals surface area (Å²) in [6.45, 7) is 10.7. The Bertz CT molecular complexity index is 566. The van der Waals surface area contributed by atoms with Gasteiger partial charge in [-0.25, -0.2) is 0 Å². The lowest BCUT2D eigenvalue weighted by Gasteiger charge is -2.38. The first-order valence-electron chi connectivity index (χ1n) is 9.09. The first-order valence-corrected chi connectivity index (χ1v) is 9.09. The zero-order valence-corrected chi connectivity index (χ0v) is 15.6. The molecule has 1 saturated carbocycles. The van der Waals surface area contributed by atoms with Crippen molar-refractivity contribution in [1.29, 1.82) is 0 Å². The number of ether oxygens (including phenoxy) is 2. The number of benzene rings is 1. The number of hydrogen-bond donors (Lipinski definition) is 1. The number of carbonyl (C=O) groups is 1. The van der Waals surface area contributed by atoms with E-state index in [1.54, 1.807) is 0 Å². The molecule has 0 spiro atoms. The fourth-order valence-corrected chi connectivity index (χ4v) is 3.54. The largest absolute Gasteiger partial charge is 0.491 e. The van der Waals surface area contributed by atoms with E-state index in [1.165, 1.54) is 6.42 Å². The SMILES string of the molecule is CCO[C@@]1(C(=O)Nc2ccc(OC(C)C)c(C)c2)CCC[C@@H](C)C1. The average Bonchev–Trinajstić information content (AvgIpc) is 2.50. The van der Waals surface area contributed by atoms with E-state index >= 15 is 0 Å². The summed E-state index contributed by atoms with van der Waals surface area (Å²) < 4.78 is 11.7. The van der Waals surface area contributed by atoms with Gasteiger partial charge in [0, 0.05) is 12.3 Å². The molecular formula is C20H31NO3. The molecule has 134 valence electrons. The van der Waals surface area contributed by atoms with Gasteiger partial charge in [0.15, 0.2) is 0 Å². The van der Waals surface area contributed by atoms with Crippen LogP contribution in [-0.2, 0) is 9.53 Å². The van der Waals surface area contributed by atoms with Gasteiger partial charge in [-0.1, -0.05) is 13.3 Å². The summed E-state index contributed by atoms with van der Waals surface area (Å²) >= 11 is 0. The van der Waals surface area contributed by atoms with E-state index in [2.05, 4.69) is 12.2 Å². The van der Waals surface area contributed by atoms with Gasteiger partial charge in [0.25, 0.3) is 5.91 Å². The molecule has 24 heavy (non-hydrogen) atoms. The second-order valence-corrected chi connectivity index (χ2v) is 7.23. The summed E-state index contributed by atoms with van der Waals surface area (Å²) in [5, 5.41) is 3.06. The molecule has 1 fully saturated rings. The van der Waals surface area contributed by atoms with E-state index in [4.69, 9.17) is 9.47 Å². The third-order valence-electron chi connectivity index (χ3n) is 4.59. The molecule has 0 aromatic heterocycles. The highest BCUT2D eigenvalue weighted by molar-refractivity contribution is 5.97. The van der Waals surface area contributed by atoms with Crippen LogP contribution >= 0.6 is 0 Å². The Balaban J connectivity index is 2.13. The maximum atomic E-state index is 12.9. The number of anilines is 1. The molecule has 0 aliphatic heterocycles. The molecule has 0 saturated heterocycles. The molecule has 0 bridgehead atoms. The third-order valence-corrected chi connectivity index (χ3v) is 4.59. The second-order valence-electron chi connectivity index (χ2n) is 7.23. The smallest absolute Gasteiger partial charge is 0.256 e. The van der Waals surface area contributed by atoms with Crippen LogP contribution in [0.5, 0.6) is 5.75 Å². The highest BCUT2D eigenvalue weighted by atomic mass is 16.5. The van der Waals surface area contributed by atoms with Gasteiger partial charge in [0.05, 0.1) is 6.10 Å². The standard InChI is InChI=1S/C20H31NO3/c1-6-23-20(11-7-8-15(4)13-20)19(22)21-17-9-10-18(16(5)12-17)24-14(2)3/h9-10,12,14-15H,6-8,11,13H2,1-5H3,(H,21,22)/t15-,20+/m1/s1. The van der Waals surface area contributed by atoms with Crippen LogP contribution in [0.3, 0.4) is 0 Å². The molecule has 4 heteroatoms. The molecule has 2 rings (SSSR count). The predicted octanol–water partition coefficient (Wildman–Crippen LogP) is 4.71. The molecule has 2 atom stereocenters. The van der Waals surface area contributed by atoms with Crippen molar-refractivity contribution >= 4 is 11.6 Å². The summed E-state index contributed by atoms with van der Waals surface area (Å²) in [4.78, 5) is 12.9. The Labute approximate surface area is 145 Å². The molecule has 0 heterocycles. The number of hydrogen-bond acceptors (Lipinski definition) is 3. The minimum atomic E-state index is -0.687. The van der Waals surface area contributed by atoms with Crippen LogP contribution < -0.4 is 10.1 Å². The van der Waals surface area contributed by atoms with E-state index < -0.39 is 5.60 Å². The maximum absolute atomic E-state index is 12.9. The number of nitrogens with one attached hydrogen (secondary N) is 1. The number of carbonyl (C=O) groups excluding carboxylic acids is 1. The van der Waals surface area contributed by atoms with E-state index in [0.29, 0.717) is 12.5 Å². The molecule has 1 aliphatic carbocycles. The van der Waals surface area contributed by atoms with Gasteiger partial charge in [-0.05, 0) is 76.6 Å². The first kappa shape index (κ1) is 18.8. The van der Waals surface area contributed by atoms with E-state index in [0.717, 1.165) is 36.3 Å². The van der Waals surface area contributed by atoms with Crippen LogP contribution in [0.2, 0.25) is 0 Å². The zero-order valence-electron chi connectivity index (χ0n) is 15.6. The summed E-state index contributed by atoms with van der Waals surface area (Å²) in [6, 6.07) is 5.78. The highest BCUT2D eigenvalue weighted by Gasteiger charge is 2.42. The van der Waals surface area contributed by atoms with Crippen LogP contribution in [0.4, 0.5) is 5.69 Å². The summed E-state index contributed by atoms with van der Waals surface area (Å²) in [5.74, 6) is 1.35. The molecule has 1 amide bonds. The van der Waals surface area contributed by atoms with Crippen LogP contribution in [0.15, 0.2) is 18.2 Å². The Hall–Kier alpha value is -1.55. The average molecular weight is 333 g/mol. The van der Waals surface area contributed by atoms with E-state index in [-0.39, 0.29) is 12.0 Å². The highest BCUT2D eigenvalue weighted by Crippen LogP contribution is 2.36. The fourth-order valence-electron chi connectivity index (χ4n) is 3.54. The Morgan fingerprint density at radius 1 is 1.42 bits per heavy atom. The van der Waals surface area contributed by atoms with Crippen molar-refractivity contribution in [1.82, 2.24) is 0 Å². The molecule has 1 aromatic carbocycles. The van der Waals surface area contributed by atoms with Crippen LogP contribution in [0, 0.1) is 12.8 Å². The summed E-state index contributed by atoms with van der Waals surface area (Å²) in [7, 11) is 0. The van der Waals surface area contributed by atoms with Gasteiger partial charge in [0.1, 0.15) is 11.4 Å². The fraction of sp³-hybridized carbons (Fsp3) is 0.650. The van der Waals surface area contributed by atoms with Crippen molar-refractivity contribution in [3.63, 3.8) is 0 Å². The van der Waals surface area contributed by atoms with Crippen molar-refractivity contribution < 1.29 is 14.3 Å². The van der Waals surface area contributed by atoms with Gasteiger partial charge in [-0.3, -0.25) is 4.79 Å². The molecule has 1 aromatic rings. The van der Waals surface area contributed by atoms with Crippen LogP contribution in [0.25, 0.3) is 0 Å². The molecule has 1 aliphatic rings. The van der Waals surface area contributed by atoms with E-state index in [1.807, 2.05) is 45.9 Å². The van der Waals surface area contributed by atoms with Gasteiger partial charge in [-0.15, -0.1) is 0 Å². The Morgan fingerprint density at radius 3 is 2.75 bits per heavy atom. The van der Waals surface area contributed by atoms with Crippen molar-refractivity contribution in [3.05, 3.63) is 23.8 Å². The lowest BCUT2D eigenvalue weighted by molar-refractivity contribution is -0.147. The van der Waals surface area contributed by atoms with Gasteiger partial charge >= 0.3 is 0 Å². The van der Waals surface area contributed by atoms with Crippen molar-refractivity contribution in [3.8, 4) is 5.75 Å². The molecule has 0 unspecified atom stereocenters. The van der Waals surface area contributed by atoms with Crippen LogP contribution in [0.1, 0.15) is 58.9 Å². The topological polar surface area (TPSA) is 47.6 Å². The summed E-state index contributed by atoms with van der Waals surface area (Å²) in [6.07, 6.45) is 3.93. The van der Waals surface area contributed by atoms with E-state index in [9.17, 15) is 4.79 Å². The normalized spacial score (nSPS) is 24.0. The lowest BCUT2D eigenvalue weighted by Crippen LogP contribution is -2.48. The lowest BCUT2D eigenvalue weighted by atomic mass is 9.78. The maximum Gasteiger partial charge on any atom is 0.256 e. The first-order chi connectivity index (χ1) is 11.4. The minimum absolute atomic E-state index is 0.0205. The molecule has 0 radical (unpaired) electrons. The Kier molecular flexibility index (Phi) is 6.27. The second kappa shape index (κ2) is 8.02. The van der Waals surface area contributed by atoms with Crippen molar-refractivity contribution in [2.24, 2.45) is 5.92 Å². The molecule has 4 nitrogen and oxygen atoms in total. The monoisotopic (exact) mass is 333 g/mol. The molecular weight excluding hydrogens is 302 g/mol. The third kappa shape index (κ3) is 4.50. The number of aryl methyl sites for hydroxylation is 1. The predicted molar refractivity (Wildman–Crippen MR) is 97.6 cm³/mol. The van der Waals surface area contributed by atoms with Crippen molar-refractivity contribution in [2.45, 2.75) is 72.0 Å². The number of rotatable bonds is 6. The number of amides is 1. The van der Waals surface area contributed by atoms with Gasteiger partial charge in [0.2, 0.25) is 0 Å². The van der Waals surface area contributed by atoms with Crippen molar-refractivity contribution in [2.75, 3.05) is 11.9 Å². The minimum Gasteiger partial charge on any atom is -0.491 e. The van der Waals surface area contributed by atoms with Gasteiger partial charge in [-0.2, -0.15) is 0 Å².